The van der Waals surface area contributed by atoms with Crippen LogP contribution >= 0.6 is 0 Å². The molecule has 5 heteroatoms. The minimum absolute atomic E-state index is 0.0156. The standard InChI is InChI=1S/C22H30N2O3/c1-14(2)15-7-8-19-16(12-15)22(9-11-27-19)13-17(22)20(25)24-10-5-6-18(24)21(26)23(3)4/h7-8,12,14,17-18H,5-6,9-11,13H2,1-4H3/t17-,18-,22-/m0/s1. The van der Waals surface area contributed by atoms with Crippen molar-refractivity contribution >= 4 is 11.8 Å². The molecule has 0 bridgehead atoms. The van der Waals surface area contributed by atoms with Gasteiger partial charge in [0.15, 0.2) is 0 Å². The Morgan fingerprint density at radius 1 is 1.30 bits per heavy atom. The van der Waals surface area contributed by atoms with E-state index in [1.54, 1.807) is 19.0 Å². The van der Waals surface area contributed by atoms with Gasteiger partial charge in [-0.15, -0.1) is 0 Å². The molecule has 1 saturated heterocycles. The van der Waals surface area contributed by atoms with E-state index in [0.29, 0.717) is 19.1 Å². The van der Waals surface area contributed by atoms with Crippen LogP contribution in [0.3, 0.4) is 0 Å². The maximum Gasteiger partial charge on any atom is 0.244 e. The van der Waals surface area contributed by atoms with Crippen molar-refractivity contribution in [3.8, 4) is 5.75 Å². The zero-order chi connectivity index (χ0) is 19.3. The summed E-state index contributed by atoms with van der Waals surface area (Å²) in [5.41, 5.74) is 2.40. The van der Waals surface area contributed by atoms with Crippen LogP contribution in [0.1, 0.15) is 56.6 Å². The minimum atomic E-state index is -0.286. The summed E-state index contributed by atoms with van der Waals surface area (Å²) in [5, 5.41) is 0. The van der Waals surface area contributed by atoms with Crippen molar-refractivity contribution in [2.75, 3.05) is 27.2 Å². The molecule has 5 nitrogen and oxygen atoms in total. The Labute approximate surface area is 161 Å². The summed E-state index contributed by atoms with van der Waals surface area (Å²) in [6.45, 7) is 5.74. The first-order chi connectivity index (χ1) is 12.8. The van der Waals surface area contributed by atoms with Crippen LogP contribution in [0.15, 0.2) is 18.2 Å². The summed E-state index contributed by atoms with van der Waals surface area (Å²) in [6, 6.07) is 6.17. The molecule has 1 spiro atoms. The fraction of sp³-hybridized carbons (Fsp3) is 0.636. The number of likely N-dealkylation sites (tertiary alicyclic amines) is 1. The lowest BCUT2D eigenvalue weighted by Gasteiger charge is -2.30. The molecule has 1 aromatic carbocycles. The molecule has 4 rings (SSSR count). The molecule has 0 unspecified atom stereocenters. The summed E-state index contributed by atoms with van der Waals surface area (Å²) in [5.74, 6) is 1.57. The van der Waals surface area contributed by atoms with E-state index in [1.165, 1.54) is 11.1 Å². The Balaban J connectivity index is 1.60. The Bertz CT molecular complexity index is 773. The highest BCUT2D eigenvalue weighted by molar-refractivity contribution is 5.91. The fourth-order valence-corrected chi connectivity index (χ4v) is 4.89. The van der Waals surface area contributed by atoms with Gasteiger partial charge in [-0.2, -0.15) is 0 Å². The lowest BCUT2D eigenvalue weighted by molar-refractivity contribution is -0.143. The van der Waals surface area contributed by atoms with E-state index in [4.69, 9.17) is 4.74 Å². The summed E-state index contributed by atoms with van der Waals surface area (Å²) in [7, 11) is 3.54. The van der Waals surface area contributed by atoms with Crippen LogP contribution in [0.5, 0.6) is 5.75 Å². The van der Waals surface area contributed by atoms with Gasteiger partial charge in [0.25, 0.3) is 0 Å². The number of amides is 2. The molecule has 1 aliphatic carbocycles. The predicted octanol–water partition coefficient (Wildman–Crippen LogP) is 2.93. The second-order valence-corrected chi connectivity index (χ2v) is 8.84. The Hall–Kier alpha value is -2.04. The summed E-state index contributed by atoms with van der Waals surface area (Å²) < 4.78 is 5.89. The van der Waals surface area contributed by atoms with Gasteiger partial charge >= 0.3 is 0 Å². The number of rotatable bonds is 3. The number of hydrogen-bond donors (Lipinski definition) is 0. The highest BCUT2D eigenvalue weighted by Crippen LogP contribution is 2.61. The van der Waals surface area contributed by atoms with E-state index in [2.05, 4.69) is 32.0 Å². The van der Waals surface area contributed by atoms with E-state index in [0.717, 1.165) is 31.4 Å². The lowest BCUT2D eigenvalue weighted by atomic mass is 9.85. The molecular weight excluding hydrogens is 340 g/mol. The molecule has 2 aliphatic heterocycles. The zero-order valence-electron chi connectivity index (χ0n) is 16.8. The normalized spacial score (nSPS) is 28.9. The van der Waals surface area contributed by atoms with Crippen LogP contribution in [-0.4, -0.2) is 54.9 Å². The highest BCUT2D eigenvalue weighted by atomic mass is 16.5. The number of fused-ring (bicyclic) bond motifs is 2. The smallest absolute Gasteiger partial charge is 0.244 e. The van der Waals surface area contributed by atoms with Crippen molar-refractivity contribution in [2.45, 2.75) is 56.9 Å². The number of nitrogens with zero attached hydrogens (tertiary/aromatic N) is 2. The van der Waals surface area contributed by atoms with E-state index in [1.807, 2.05) is 4.90 Å². The van der Waals surface area contributed by atoms with Gasteiger partial charge in [0.05, 0.1) is 6.61 Å². The van der Waals surface area contributed by atoms with E-state index in [-0.39, 0.29) is 29.2 Å². The second-order valence-electron chi connectivity index (χ2n) is 8.84. The monoisotopic (exact) mass is 370 g/mol. The molecule has 0 N–H and O–H groups in total. The van der Waals surface area contributed by atoms with Crippen molar-refractivity contribution < 1.29 is 14.3 Å². The maximum atomic E-state index is 13.4. The molecular formula is C22H30N2O3. The van der Waals surface area contributed by atoms with Gasteiger partial charge in [0.1, 0.15) is 11.8 Å². The average molecular weight is 370 g/mol. The Morgan fingerprint density at radius 2 is 2.07 bits per heavy atom. The third-order valence-electron chi connectivity index (χ3n) is 6.65. The Kier molecular flexibility index (Phi) is 4.44. The summed E-state index contributed by atoms with van der Waals surface area (Å²) >= 11 is 0. The zero-order valence-corrected chi connectivity index (χ0v) is 16.8. The number of likely N-dealkylation sites (N-methyl/N-ethyl adjacent to an activating group) is 1. The van der Waals surface area contributed by atoms with Crippen molar-refractivity contribution in [3.63, 3.8) is 0 Å². The molecule has 146 valence electrons. The van der Waals surface area contributed by atoms with Crippen molar-refractivity contribution in [1.29, 1.82) is 0 Å². The number of ether oxygens (including phenoxy) is 1. The number of carbonyl (C=O) groups excluding carboxylic acids is 2. The molecule has 3 aliphatic rings. The molecule has 1 saturated carbocycles. The first-order valence-electron chi connectivity index (χ1n) is 10.1. The number of hydrogen-bond acceptors (Lipinski definition) is 3. The predicted molar refractivity (Wildman–Crippen MR) is 104 cm³/mol. The molecule has 0 radical (unpaired) electrons. The van der Waals surface area contributed by atoms with Crippen LogP contribution in [-0.2, 0) is 15.0 Å². The Morgan fingerprint density at radius 3 is 2.78 bits per heavy atom. The third-order valence-corrected chi connectivity index (χ3v) is 6.65. The summed E-state index contributed by atoms with van der Waals surface area (Å²) in [6.07, 6.45) is 3.45. The lowest BCUT2D eigenvalue weighted by Crippen LogP contribution is -2.46. The molecule has 2 heterocycles. The van der Waals surface area contributed by atoms with Gasteiger partial charge in [0, 0.05) is 37.5 Å². The average Bonchev–Trinajstić information content (AvgIpc) is 3.14. The second kappa shape index (κ2) is 6.54. The van der Waals surface area contributed by atoms with E-state index >= 15 is 0 Å². The van der Waals surface area contributed by atoms with Crippen molar-refractivity contribution in [3.05, 3.63) is 29.3 Å². The first kappa shape index (κ1) is 18.3. The highest BCUT2D eigenvalue weighted by Gasteiger charge is 2.62. The largest absolute Gasteiger partial charge is 0.493 e. The molecule has 0 aromatic heterocycles. The topological polar surface area (TPSA) is 49.9 Å². The van der Waals surface area contributed by atoms with E-state index < -0.39 is 0 Å². The van der Waals surface area contributed by atoms with Gasteiger partial charge in [-0.05, 0) is 43.2 Å². The molecule has 27 heavy (non-hydrogen) atoms. The first-order valence-corrected chi connectivity index (χ1v) is 10.1. The van der Waals surface area contributed by atoms with Crippen LogP contribution < -0.4 is 4.74 Å². The molecule has 1 aromatic rings. The van der Waals surface area contributed by atoms with Crippen LogP contribution in [0, 0.1) is 5.92 Å². The van der Waals surface area contributed by atoms with Gasteiger partial charge in [0.2, 0.25) is 11.8 Å². The molecule has 3 atom stereocenters. The van der Waals surface area contributed by atoms with Gasteiger partial charge in [-0.1, -0.05) is 26.0 Å². The molecule has 2 fully saturated rings. The van der Waals surface area contributed by atoms with E-state index in [9.17, 15) is 9.59 Å². The third kappa shape index (κ3) is 2.91. The minimum Gasteiger partial charge on any atom is -0.493 e. The maximum absolute atomic E-state index is 13.4. The van der Waals surface area contributed by atoms with Crippen LogP contribution in [0.25, 0.3) is 0 Å². The summed E-state index contributed by atoms with van der Waals surface area (Å²) in [4.78, 5) is 29.3. The van der Waals surface area contributed by atoms with Crippen molar-refractivity contribution in [2.24, 2.45) is 5.92 Å². The van der Waals surface area contributed by atoms with Crippen LogP contribution in [0.4, 0.5) is 0 Å². The number of benzene rings is 1. The fourth-order valence-electron chi connectivity index (χ4n) is 4.89. The molecule has 2 amide bonds. The SMILES string of the molecule is CC(C)c1ccc2c(c1)[C@]1(CCO2)C[C@H]1C(=O)N1CCC[C@H]1C(=O)N(C)C. The van der Waals surface area contributed by atoms with Gasteiger partial charge in [-0.3, -0.25) is 9.59 Å². The van der Waals surface area contributed by atoms with Gasteiger partial charge in [-0.25, -0.2) is 0 Å². The number of carbonyl (C=O) groups is 2. The quantitative estimate of drug-likeness (QED) is 0.822. The van der Waals surface area contributed by atoms with Crippen molar-refractivity contribution in [1.82, 2.24) is 9.80 Å². The van der Waals surface area contributed by atoms with Gasteiger partial charge < -0.3 is 14.5 Å². The van der Waals surface area contributed by atoms with Crippen LogP contribution in [0.2, 0.25) is 0 Å².